The van der Waals surface area contributed by atoms with E-state index in [9.17, 15) is 14.4 Å². The van der Waals surface area contributed by atoms with Gasteiger partial charge in [0.2, 0.25) is 11.8 Å². The van der Waals surface area contributed by atoms with Crippen molar-refractivity contribution in [1.29, 1.82) is 0 Å². The molecule has 0 aliphatic rings. The molecule has 0 saturated heterocycles. The normalized spacial score (nSPS) is 9.95. The summed E-state index contributed by atoms with van der Waals surface area (Å²) < 4.78 is 0. The first-order chi connectivity index (χ1) is 10.5. The highest BCUT2D eigenvalue weighted by Gasteiger charge is 2.13. The van der Waals surface area contributed by atoms with Crippen molar-refractivity contribution in [3.8, 4) is 0 Å². The molecule has 1 aromatic rings. The van der Waals surface area contributed by atoms with Crippen LogP contribution >= 0.6 is 0 Å². The van der Waals surface area contributed by atoms with E-state index in [1.54, 1.807) is 29.2 Å². The second-order valence-corrected chi connectivity index (χ2v) is 4.84. The number of rotatable bonds is 7. The molecule has 1 rings (SSSR count). The zero-order chi connectivity index (χ0) is 16.5. The highest BCUT2D eigenvalue weighted by Crippen LogP contribution is 2.13. The average molecular weight is 305 g/mol. The van der Waals surface area contributed by atoms with Crippen LogP contribution in [0.25, 0.3) is 0 Å². The lowest BCUT2D eigenvalue weighted by Gasteiger charge is -2.19. The first-order valence-electron chi connectivity index (χ1n) is 7.41. The molecule has 0 atom stereocenters. The van der Waals surface area contributed by atoms with Crippen LogP contribution < -0.4 is 10.6 Å². The van der Waals surface area contributed by atoms with Gasteiger partial charge in [-0.05, 0) is 32.0 Å². The fourth-order valence-electron chi connectivity index (χ4n) is 2.00. The predicted octanol–water partition coefficient (Wildman–Crippen LogP) is 1.63. The van der Waals surface area contributed by atoms with Crippen molar-refractivity contribution in [2.24, 2.45) is 0 Å². The molecule has 2 N–H and O–H groups in total. The summed E-state index contributed by atoms with van der Waals surface area (Å²) >= 11 is 0. The number of carbonyl (C=O) groups is 3. The van der Waals surface area contributed by atoms with Crippen LogP contribution in [0.5, 0.6) is 0 Å². The van der Waals surface area contributed by atoms with Crippen molar-refractivity contribution in [3.63, 3.8) is 0 Å². The minimum Gasteiger partial charge on any atom is -0.356 e. The lowest BCUT2D eigenvalue weighted by Crippen LogP contribution is -2.30. The fourth-order valence-corrected chi connectivity index (χ4v) is 2.00. The lowest BCUT2D eigenvalue weighted by molar-refractivity contribution is -0.119. The Kier molecular flexibility index (Phi) is 7.08. The van der Waals surface area contributed by atoms with Crippen LogP contribution in [0.1, 0.15) is 37.6 Å². The van der Waals surface area contributed by atoms with Gasteiger partial charge in [0.1, 0.15) is 0 Å². The van der Waals surface area contributed by atoms with Crippen LogP contribution in [0.2, 0.25) is 0 Å². The molecule has 120 valence electrons. The van der Waals surface area contributed by atoms with Gasteiger partial charge in [-0.2, -0.15) is 0 Å². The van der Waals surface area contributed by atoms with Gasteiger partial charge in [-0.3, -0.25) is 14.4 Å². The number of hydrogen-bond acceptors (Lipinski definition) is 3. The fraction of sp³-hybridized carbons (Fsp3) is 0.438. The lowest BCUT2D eigenvalue weighted by atomic mass is 10.1. The van der Waals surface area contributed by atoms with Crippen molar-refractivity contribution in [2.75, 3.05) is 25.0 Å². The minimum absolute atomic E-state index is 0.0562. The van der Waals surface area contributed by atoms with Gasteiger partial charge in [-0.1, -0.05) is 6.07 Å². The Labute approximate surface area is 130 Å². The van der Waals surface area contributed by atoms with Crippen molar-refractivity contribution in [1.82, 2.24) is 10.2 Å². The highest BCUT2D eigenvalue weighted by molar-refractivity contribution is 5.97. The van der Waals surface area contributed by atoms with Crippen molar-refractivity contribution in [2.45, 2.75) is 27.2 Å². The molecule has 3 amide bonds. The number of anilines is 1. The third kappa shape index (κ3) is 5.55. The Hall–Kier alpha value is -2.37. The quantitative estimate of drug-likeness (QED) is 0.803. The Balaban J connectivity index is 2.66. The molecule has 0 aromatic heterocycles. The summed E-state index contributed by atoms with van der Waals surface area (Å²) in [6.07, 6.45) is 0.188. The van der Waals surface area contributed by atoms with Crippen molar-refractivity contribution < 1.29 is 14.4 Å². The molecule has 6 nitrogen and oxygen atoms in total. The van der Waals surface area contributed by atoms with Crippen LogP contribution in [0.15, 0.2) is 24.3 Å². The van der Waals surface area contributed by atoms with Gasteiger partial charge in [0.05, 0.1) is 0 Å². The van der Waals surface area contributed by atoms with E-state index in [1.807, 2.05) is 13.8 Å². The van der Waals surface area contributed by atoms with E-state index in [2.05, 4.69) is 10.6 Å². The molecule has 6 heteroatoms. The molecule has 0 saturated carbocycles. The first kappa shape index (κ1) is 17.7. The van der Waals surface area contributed by atoms with Gasteiger partial charge >= 0.3 is 0 Å². The molecule has 1 aromatic carbocycles. The van der Waals surface area contributed by atoms with Gasteiger partial charge in [0.25, 0.3) is 5.91 Å². The Bertz CT molecular complexity index is 539. The van der Waals surface area contributed by atoms with Crippen LogP contribution in [-0.4, -0.2) is 42.3 Å². The van der Waals surface area contributed by atoms with E-state index in [1.165, 1.54) is 6.92 Å². The van der Waals surface area contributed by atoms with E-state index in [-0.39, 0.29) is 24.1 Å². The molecule has 0 aliphatic carbocycles. The number of amides is 3. The molecule has 0 aliphatic heterocycles. The smallest absolute Gasteiger partial charge is 0.253 e. The molecule has 0 unspecified atom stereocenters. The topological polar surface area (TPSA) is 78.5 Å². The van der Waals surface area contributed by atoms with Gasteiger partial charge in [0, 0.05) is 44.2 Å². The average Bonchev–Trinajstić information content (AvgIpc) is 2.48. The highest BCUT2D eigenvalue weighted by atomic mass is 16.2. The van der Waals surface area contributed by atoms with Crippen LogP contribution in [-0.2, 0) is 9.59 Å². The van der Waals surface area contributed by atoms with E-state index in [4.69, 9.17) is 0 Å². The summed E-state index contributed by atoms with van der Waals surface area (Å²) in [7, 11) is 0. The van der Waals surface area contributed by atoms with Crippen molar-refractivity contribution >= 4 is 23.4 Å². The number of benzene rings is 1. The van der Waals surface area contributed by atoms with Crippen LogP contribution in [0.4, 0.5) is 5.69 Å². The Morgan fingerprint density at radius 3 is 2.41 bits per heavy atom. The molecule has 0 radical (unpaired) electrons. The number of nitrogens with zero attached hydrogens (tertiary/aromatic N) is 1. The van der Waals surface area contributed by atoms with E-state index in [0.29, 0.717) is 30.9 Å². The minimum atomic E-state index is -0.207. The molecule has 0 spiro atoms. The third-order valence-electron chi connectivity index (χ3n) is 3.17. The molecule has 0 bridgehead atoms. The summed E-state index contributed by atoms with van der Waals surface area (Å²) in [5.41, 5.74) is 1.12. The van der Waals surface area contributed by atoms with E-state index < -0.39 is 0 Å². The van der Waals surface area contributed by atoms with Gasteiger partial charge < -0.3 is 15.5 Å². The van der Waals surface area contributed by atoms with E-state index >= 15 is 0 Å². The maximum absolute atomic E-state index is 12.3. The number of carbonyl (C=O) groups excluding carboxylic acids is 3. The van der Waals surface area contributed by atoms with E-state index in [0.717, 1.165) is 0 Å². The maximum Gasteiger partial charge on any atom is 0.253 e. The molecule has 0 heterocycles. The summed E-state index contributed by atoms with van der Waals surface area (Å²) in [6.45, 7) is 6.83. The van der Waals surface area contributed by atoms with Gasteiger partial charge in [-0.15, -0.1) is 0 Å². The summed E-state index contributed by atoms with van der Waals surface area (Å²) in [5.74, 6) is -0.430. The zero-order valence-corrected chi connectivity index (χ0v) is 13.3. The summed E-state index contributed by atoms with van der Waals surface area (Å²) in [5, 5.41) is 5.29. The first-order valence-corrected chi connectivity index (χ1v) is 7.41. The monoisotopic (exact) mass is 305 g/mol. The summed E-state index contributed by atoms with van der Waals surface area (Å²) in [4.78, 5) is 36.5. The van der Waals surface area contributed by atoms with Crippen LogP contribution in [0.3, 0.4) is 0 Å². The second kappa shape index (κ2) is 8.81. The number of nitrogens with one attached hydrogen (secondary N) is 2. The third-order valence-corrected chi connectivity index (χ3v) is 3.17. The Morgan fingerprint density at radius 1 is 1.14 bits per heavy atom. The molecule has 0 fully saturated rings. The van der Waals surface area contributed by atoms with Gasteiger partial charge in [-0.25, -0.2) is 0 Å². The largest absolute Gasteiger partial charge is 0.356 e. The predicted molar refractivity (Wildman–Crippen MR) is 85.6 cm³/mol. The Morgan fingerprint density at radius 2 is 1.82 bits per heavy atom. The van der Waals surface area contributed by atoms with Crippen LogP contribution in [0, 0.1) is 0 Å². The standard InChI is InChI=1S/C16H23N3O3/c1-4-19(5-2)16(22)13-7-6-8-14(11-13)18-15(21)9-10-17-12(3)20/h6-8,11H,4-5,9-10H2,1-3H3,(H,17,20)(H,18,21). The maximum atomic E-state index is 12.3. The molecule has 22 heavy (non-hydrogen) atoms. The molecular formula is C16H23N3O3. The second-order valence-electron chi connectivity index (χ2n) is 4.84. The summed E-state index contributed by atoms with van der Waals surface area (Å²) in [6, 6.07) is 6.86. The van der Waals surface area contributed by atoms with Gasteiger partial charge in [0.15, 0.2) is 0 Å². The SMILES string of the molecule is CCN(CC)C(=O)c1cccc(NC(=O)CCNC(C)=O)c1. The number of hydrogen-bond donors (Lipinski definition) is 2. The van der Waals surface area contributed by atoms with Crippen molar-refractivity contribution in [3.05, 3.63) is 29.8 Å². The molecular weight excluding hydrogens is 282 g/mol. The zero-order valence-electron chi connectivity index (χ0n) is 13.3.